The summed E-state index contributed by atoms with van der Waals surface area (Å²) in [7, 11) is 0. The maximum atomic E-state index is 10.7. The Balaban J connectivity index is 3.12. The fourth-order valence-corrected chi connectivity index (χ4v) is 2.59. The molecule has 3 N–H and O–H groups in total. The highest BCUT2D eigenvalue weighted by Crippen LogP contribution is 2.30. The lowest BCUT2D eigenvalue weighted by Gasteiger charge is -2.27. The molecule has 0 aliphatic heterocycles. The number of aliphatic carboxylic acids is 1. The summed E-state index contributed by atoms with van der Waals surface area (Å²) >= 11 is 0. The van der Waals surface area contributed by atoms with Crippen molar-refractivity contribution in [1.82, 2.24) is 5.32 Å². The van der Waals surface area contributed by atoms with E-state index < -0.39 is 12.1 Å². The maximum Gasteiger partial charge on any atom is 0.317 e. The summed E-state index contributed by atoms with van der Waals surface area (Å²) in [6, 6.07) is 1.86. The van der Waals surface area contributed by atoms with Crippen molar-refractivity contribution in [3.05, 3.63) is 33.9 Å². The van der Waals surface area contributed by atoms with Crippen molar-refractivity contribution in [1.29, 1.82) is 0 Å². The quantitative estimate of drug-likeness (QED) is 0.748. The Hall–Kier alpha value is -1.39. The van der Waals surface area contributed by atoms with E-state index in [1.54, 1.807) is 0 Å². The third-order valence-electron chi connectivity index (χ3n) is 4.06. The smallest absolute Gasteiger partial charge is 0.317 e. The maximum absolute atomic E-state index is 10.7. The molecule has 4 nitrogen and oxygen atoms in total. The van der Waals surface area contributed by atoms with E-state index >= 15 is 0 Å². The van der Waals surface area contributed by atoms with Gasteiger partial charge in [-0.1, -0.05) is 13.0 Å². The molecule has 0 amide bonds. The second kappa shape index (κ2) is 6.86. The van der Waals surface area contributed by atoms with Crippen LogP contribution in [0.1, 0.15) is 47.3 Å². The van der Waals surface area contributed by atoms with E-state index in [1.165, 1.54) is 0 Å². The first-order valence-electron chi connectivity index (χ1n) is 7.00. The van der Waals surface area contributed by atoms with Crippen molar-refractivity contribution >= 4 is 5.97 Å². The molecule has 0 radical (unpaired) electrons. The molecule has 1 rings (SSSR count). The third kappa shape index (κ3) is 3.58. The highest BCUT2D eigenvalue weighted by atomic mass is 16.4. The predicted molar refractivity (Wildman–Crippen MR) is 80.1 cm³/mol. The van der Waals surface area contributed by atoms with Crippen LogP contribution in [0.25, 0.3) is 0 Å². The first kappa shape index (κ1) is 16.7. The normalized spacial score (nSPS) is 14.1. The van der Waals surface area contributed by atoms with Gasteiger partial charge in [-0.3, -0.25) is 4.79 Å². The highest BCUT2D eigenvalue weighted by Gasteiger charge is 2.24. The molecule has 2 atom stereocenters. The molecule has 0 aromatic heterocycles. The molecule has 4 heteroatoms. The van der Waals surface area contributed by atoms with E-state index in [9.17, 15) is 9.90 Å². The van der Waals surface area contributed by atoms with Gasteiger partial charge in [-0.2, -0.15) is 0 Å². The van der Waals surface area contributed by atoms with Gasteiger partial charge < -0.3 is 15.5 Å². The van der Waals surface area contributed by atoms with Crippen LogP contribution in [0.5, 0.6) is 0 Å². The molecule has 0 bridgehead atoms. The van der Waals surface area contributed by atoms with Gasteiger partial charge in [0.1, 0.15) is 0 Å². The first-order chi connectivity index (χ1) is 9.29. The zero-order valence-corrected chi connectivity index (χ0v) is 12.9. The number of carboxylic acids is 1. The van der Waals surface area contributed by atoms with Gasteiger partial charge in [-0.25, -0.2) is 0 Å². The molecule has 0 spiro atoms. The molecule has 112 valence electrons. The summed E-state index contributed by atoms with van der Waals surface area (Å²) in [4.78, 5) is 10.7. The largest absolute Gasteiger partial charge is 0.480 e. The fourth-order valence-electron chi connectivity index (χ4n) is 2.59. The van der Waals surface area contributed by atoms with Crippen LogP contribution in [0.2, 0.25) is 0 Å². The van der Waals surface area contributed by atoms with Crippen LogP contribution in [0.3, 0.4) is 0 Å². The number of aryl methyl sites for hydroxylation is 2. The first-order valence-corrected chi connectivity index (χ1v) is 7.00. The molecule has 2 unspecified atom stereocenters. The predicted octanol–water partition coefficient (Wildman–Crippen LogP) is 2.41. The topological polar surface area (TPSA) is 69.6 Å². The molecule has 0 aliphatic rings. The van der Waals surface area contributed by atoms with Gasteiger partial charge in [-0.15, -0.1) is 0 Å². The van der Waals surface area contributed by atoms with Gasteiger partial charge in [0, 0.05) is 6.04 Å². The lowest BCUT2D eigenvalue weighted by Crippen LogP contribution is -2.38. The lowest BCUT2D eigenvalue weighted by molar-refractivity contribution is -0.136. The van der Waals surface area contributed by atoms with Crippen molar-refractivity contribution < 1.29 is 15.0 Å². The van der Waals surface area contributed by atoms with E-state index in [0.29, 0.717) is 6.42 Å². The Morgan fingerprint density at radius 1 is 1.20 bits per heavy atom. The minimum atomic E-state index is -0.912. The second-order valence-corrected chi connectivity index (χ2v) is 5.41. The zero-order chi connectivity index (χ0) is 15.4. The zero-order valence-electron chi connectivity index (χ0n) is 12.9. The number of aliphatic hydroxyl groups excluding tert-OH is 1. The van der Waals surface area contributed by atoms with Crippen molar-refractivity contribution in [2.45, 2.75) is 53.2 Å². The molecule has 0 saturated heterocycles. The SMILES string of the molecule is CCC(NCC(=O)O)C(O)c1c(C)c(C)cc(C)c1C. The summed E-state index contributed by atoms with van der Waals surface area (Å²) in [5.74, 6) is -0.912. The number of benzene rings is 1. The monoisotopic (exact) mass is 279 g/mol. The van der Waals surface area contributed by atoms with Gasteiger partial charge in [0.05, 0.1) is 12.6 Å². The van der Waals surface area contributed by atoms with Gasteiger partial charge >= 0.3 is 5.97 Å². The van der Waals surface area contributed by atoms with Crippen LogP contribution in [0.4, 0.5) is 0 Å². The molecule has 20 heavy (non-hydrogen) atoms. The van der Waals surface area contributed by atoms with E-state index in [1.807, 2.05) is 34.6 Å². The van der Waals surface area contributed by atoms with Crippen LogP contribution >= 0.6 is 0 Å². The molecular weight excluding hydrogens is 254 g/mol. The third-order valence-corrected chi connectivity index (χ3v) is 4.06. The summed E-state index contributed by atoms with van der Waals surface area (Å²) in [5.41, 5.74) is 5.38. The summed E-state index contributed by atoms with van der Waals surface area (Å²) < 4.78 is 0. The molecule has 1 aromatic carbocycles. The molecule has 0 heterocycles. The molecule has 0 saturated carbocycles. The average Bonchev–Trinajstić information content (AvgIpc) is 2.37. The molecule has 1 aromatic rings. The molecule has 0 fully saturated rings. The summed E-state index contributed by atoms with van der Waals surface area (Å²) in [6.45, 7) is 9.87. The lowest BCUT2D eigenvalue weighted by atomic mass is 9.87. The number of nitrogens with one attached hydrogen (secondary N) is 1. The standard InChI is InChI=1S/C16H25NO3/c1-6-13(17-8-14(18)19)16(20)15-11(4)9(2)7-10(3)12(15)5/h7,13,16-17,20H,6,8H2,1-5H3,(H,18,19). The Morgan fingerprint density at radius 2 is 1.70 bits per heavy atom. The van der Waals surface area contributed by atoms with Crippen molar-refractivity contribution in [2.75, 3.05) is 6.54 Å². The van der Waals surface area contributed by atoms with Crippen LogP contribution in [0, 0.1) is 27.7 Å². The van der Waals surface area contributed by atoms with Crippen molar-refractivity contribution in [2.24, 2.45) is 0 Å². The number of aliphatic hydroxyl groups is 1. The minimum absolute atomic E-state index is 0.140. The second-order valence-electron chi connectivity index (χ2n) is 5.41. The minimum Gasteiger partial charge on any atom is -0.480 e. The Kier molecular flexibility index (Phi) is 5.72. The van der Waals surface area contributed by atoms with Gasteiger partial charge in [0.2, 0.25) is 0 Å². The van der Waals surface area contributed by atoms with Crippen molar-refractivity contribution in [3.8, 4) is 0 Å². The summed E-state index contributed by atoms with van der Waals surface area (Å²) in [5, 5.41) is 22.3. The van der Waals surface area contributed by atoms with E-state index in [0.717, 1.165) is 27.8 Å². The van der Waals surface area contributed by atoms with Gasteiger partial charge in [-0.05, 0) is 61.9 Å². The summed E-state index contributed by atoms with van der Waals surface area (Å²) in [6.07, 6.45) is -0.0294. The highest BCUT2D eigenvalue weighted by molar-refractivity contribution is 5.69. The molecular formula is C16H25NO3. The van der Waals surface area contributed by atoms with E-state index in [4.69, 9.17) is 5.11 Å². The Labute approximate surface area is 120 Å². The van der Waals surface area contributed by atoms with Crippen molar-refractivity contribution in [3.63, 3.8) is 0 Å². The van der Waals surface area contributed by atoms with Gasteiger partial charge in [0.25, 0.3) is 0 Å². The van der Waals surface area contributed by atoms with E-state index in [2.05, 4.69) is 11.4 Å². The van der Waals surface area contributed by atoms with Crippen LogP contribution in [-0.4, -0.2) is 28.8 Å². The number of hydrogen-bond acceptors (Lipinski definition) is 3. The number of rotatable bonds is 6. The van der Waals surface area contributed by atoms with Gasteiger partial charge in [0.15, 0.2) is 0 Å². The van der Waals surface area contributed by atoms with E-state index in [-0.39, 0.29) is 12.6 Å². The van der Waals surface area contributed by atoms with Crippen LogP contribution in [0.15, 0.2) is 6.07 Å². The number of carbonyl (C=O) groups is 1. The number of hydrogen-bond donors (Lipinski definition) is 3. The Bertz CT molecular complexity index is 471. The van der Waals surface area contributed by atoms with Crippen LogP contribution in [-0.2, 0) is 4.79 Å². The fraction of sp³-hybridized carbons (Fsp3) is 0.562. The number of carboxylic acid groups (broad SMARTS) is 1. The Morgan fingerprint density at radius 3 is 2.10 bits per heavy atom. The molecule has 0 aliphatic carbocycles. The average molecular weight is 279 g/mol. The van der Waals surface area contributed by atoms with Crippen LogP contribution < -0.4 is 5.32 Å².